The minimum absolute atomic E-state index is 0.00722. The number of hydrogen-bond donors (Lipinski definition) is 3. The molecule has 1 unspecified atom stereocenters. The third-order valence-corrected chi connectivity index (χ3v) is 5.22. The molecule has 3 heterocycles. The van der Waals surface area contributed by atoms with Gasteiger partial charge in [-0.05, 0) is 24.3 Å². The quantitative estimate of drug-likeness (QED) is 0.411. The lowest BCUT2D eigenvalue weighted by atomic mass is 10.1. The van der Waals surface area contributed by atoms with Gasteiger partial charge in [0, 0.05) is 46.5 Å². The smallest absolute Gasteiger partial charge is 0.409 e. The number of carbonyl (C=O) groups is 1. The predicted molar refractivity (Wildman–Crippen MR) is 125 cm³/mol. The van der Waals surface area contributed by atoms with Crippen LogP contribution in [0.2, 0.25) is 5.02 Å². The van der Waals surface area contributed by atoms with E-state index in [1.54, 1.807) is 18.2 Å². The second-order valence-corrected chi connectivity index (χ2v) is 7.82. The fourth-order valence-electron chi connectivity index (χ4n) is 3.34. The van der Waals surface area contributed by atoms with E-state index in [9.17, 15) is 23.1 Å². The number of hydrazine groups is 1. The van der Waals surface area contributed by atoms with Crippen molar-refractivity contribution in [1.82, 2.24) is 20.4 Å². The molecule has 0 fully saturated rings. The van der Waals surface area contributed by atoms with E-state index in [1.807, 2.05) is 0 Å². The third-order valence-electron chi connectivity index (χ3n) is 5.00. The summed E-state index contributed by atoms with van der Waals surface area (Å²) in [5.74, 6) is -0.924. The average molecular weight is 523 g/mol. The Morgan fingerprint density at radius 2 is 1.94 bits per heavy atom. The first-order chi connectivity index (χ1) is 17.1. The van der Waals surface area contributed by atoms with Gasteiger partial charge in [0.2, 0.25) is 11.8 Å². The van der Waals surface area contributed by atoms with E-state index >= 15 is 0 Å². The summed E-state index contributed by atoms with van der Waals surface area (Å²) in [7, 11) is 2.74. The lowest BCUT2D eigenvalue weighted by Gasteiger charge is -2.23. The summed E-state index contributed by atoms with van der Waals surface area (Å²) >= 11 is 6.10. The summed E-state index contributed by atoms with van der Waals surface area (Å²) in [5, 5.41) is 13.9. The second kappa shape index (κ2) is 9.87. The molecule has 188 valence electrons. The fourth-order valence-corrected chi connectivity index (χ4v) is 3.56. The van der Waals surface area contributed by atoms with Gasteiger partial charge in [0.15, 0.2) is 5.82 Å². The molecule has 0 radical (unpaired) electrons. The first-order valence-electron chi connectivity index (χ1n) is 10.2. The first kappa shape index (κ1) is 25.0. The number of hydrogen-bond acceptors (Lipinski definition) is 9. The Bertz CT molecular complexity index is 1340. The number of carboxylic acid groups (broad SMARTS) is 1. The minimum Gasteiger partial charge on any atom is -0.497 e. The summed E-state index contributed by atoms with van der Waals surface area (Å²) in [6.45, 7) is 0. The van der Waals surface area contributed by atoms with Crippen molar-refractivity contribution >= 4 is 35.0 Å². The van der Waals surface area contributed by atoms with Crippen LogP contribution in [0.5, 0.6) is 11.6 Å². The number of methoxy groups -OCH3 is 2. The minimum atomic E-state index is -4.55. The largest absolute Gasteiger partial charge is 0.497 e. The number of halogens is 4. The van der Waals surface area contributed by atoms with Crippen LogP contribution in [0.25, 0.3) is 11.1 Å². The van der Waals surface area contributed by atoms with Gasteiger partial charge in [0.05, 0.1) is 14.2 Å². The SMILES string of the molecule is COc1cc(Cl)cc(Nc2ncc(-c3cnc(OC)c(C(=O)O)c3)c(N3C=CC(C(F)(F)F)N3)n2)c1. The molecule has 0 spiro atoms. The Morgan fingerprint density at radius 1 is 1.17 bits per heavy atom. The number of carboxylic acids is 1. The zero-order chi connectivity index (χ0) is 26.0. The van der Waals surface area contributed by atoms with E-state index in [0.717, 1.165) is 11.1 Å². The highest BCUT2D eigenvalue weighted by atomic mass is 35.5. The van der Waals surface area contributed by atoms with Crippen LogP contribution in [0.15, 0.2) is 48.9 Å². The van der Waals surface area contributed by atoms with Gasteiger partial charge in [-0.25, -0.2) is 20.2 Å². The Labute approximate surface area is 207 Å². The maximum absolute atomic E-state index is 13.3. The number of aromatic carboxylic acids is 1. The molecule has 0 aliphatic carbocycles. The van der Waals surface area contributed by atoms with Crippen LogP contribution in [0.1, 0.15) is 10.4 Å². The molecular weight excluding hydrogens is 505 g/mol. The van der Waals surface area contributed by atoms with Crippen LogP contribution in [-0.2, 0) is 0 Å². The molecule has 0 saturated carbocycles. The van der Waals surface area contributed by atoms with Crippen LogP contribution in [0.3, 0.4) is 0 Å². The van der Waals surface area contributed by atoms with Crippen molar-refractivity contribution in [3.63, 3.8) is 0 Å². The third kappa shape index (κ3) is 5.26. The van der Waals surface area contributed by atoms with Crippen molar-refractivity contribution in [3.8, 4) is 22.8 Å². The molecule has 0 bridgehead atoms. The highest BCUT2D eigenvalue weighted by molar-refractivity contribution is 6.31. The van der Waals surface area contributed by atoms with Gasteiger partial charge in [-0.15, -0.1) is 0 Å². The first-order valence-corrected chi connectivity index (χ1v) is 10.5. The summed E-state index contributed by atoms with van der Waals surface area (Å²) < 4.78 is 50.0. The maximum Gasteiger partial charge on any atom is 0.409 e. The second-order valence-electron chi connectivity index (χ2n) is 7.38. The van der Waals surface area contributed by atoms with Crippen molar-refractivity contribution < 1.29 is 32.5 Å². The summed E-state index contributed by atoms with van der Waals surface area (Å²) in [6.07, 6.45) is 0.192. The molecule has 4 rings (SSSR count). The predicted octanol–water partition coefficient (Wildman–Crippen LogP) is 4.42. The number of benzene rings is 1. The van der Waals surface area contributed by atoms with Crippen molar-refractivity contribution in [1.29, 1.82) is 0 Å². The number of aromatic nitrogens is 3. The molecule has 36 heavy (non-hydrogen) atoms. The normalized spacial score (nSPS) is 15.2. The molecule has 1 aliphatic rings. The van der Waals surface area contributed by atoms with E-state index < -0.39 is 18.2 Å². The fraction of sp³-hybridized carbons (Fsp3) is 0.182. The molecule has 10 nitrogen and oxygen atoms in total. The number of nitrogens with zero attached hydrogens (tertiary/aromatic N) is 4. The van der Waals surface area contributed by atoms with Crippen LogP contribution in [0.4, 0.5) is 30.6 Å². The van der Waals surface area contributed by atoms with E-state index in [4.69, 9.17) is 21.1 Å². The van der Waals surface area contributed by atoms with Gasteiger partial charge in [-0.3, -0.25) is 5.01 Å². The van der Waals surface area contributed by atoms with Gasteiger partial charge in [-0.1, -0.05) is 11.6 Å². The monoisotopic (exact) mass is 522 g/mol. The van der Waals surface area contributed by atoms with E-state index in [1.165, 1.54) is 38.9 Å². The molecule has 14 heteroatoms. The topological polar surface area (TPSA) is 122 Å². The molecule has 0 saturated heterocycles. The molecule has 0 amide bonds. The van der Waals surface area contributed by atoms with Gasteiger partial charge >= 0.3 is 12.1 Å². The molecular formula is C22H18ClF3N6O4. The van der Waals surface area contributed by atoms with Crippen molar-refractivity contribution in [2.75, 3.05) is 24.5 Å². The van der Waals surface area contributed by atoms with Crippen LogP contribution in [0, 0.1) is 0 Å². The van der Waals surface area contributed by atoms with Crippen molar-refractivity contribution in [2.45, 2.75) is 12.2 Å². The molecule has 1 atom stereocenters. The average Bonchev–Trinajstić information content (AvgIpc) is 3.34. The summed E-state index contributed by atoms with van der Waals surface area (Å²) in [4.78, 5) is 24.3. The van der Waals surface area contributed by atoms with Gasteiger partial charge in [0.25, 0.3) is 0 Å². The number of anilines is 3. The Morgan fingerprint density at radius 3 is 2.58 bits per heavy atom. The van der Waals surface area contributed by atoms with Crippen LogP contribution >= 0.6 is 11.6 Å². The Balaban J connectivity index is 1.78. The lowest BCUT2D eigenvalue weighted by Crippen LogP contribution is -2.44. The Kier molecular flexibility index (Phi) is 6.86. The highest BCUT2D eigenvalue weighted by Gasteiger charge is 2.41. The van der Waals surface area contributed by atoms with E-state index in [0.29, 0.717) is 16.5 Å². The number of nitrogens with one attached hydrogen (secondary N) is 2. The zero-order valence-electron chi connectivity index (χ0n) is 18.7. The van der Waals surface area contributed by atoms with E-state index in [-0.39, 0.29) is 34.3 Å². The molecule has 3 N–H and O–H groups in total. The van der Waals surface area contributed by atoms with E-state index in [2.05, 4.69) is 25.7 Å². The van der Waals surface area contributed by atoms with Crippen LogP contribution < -0.4 is 25.2 Å². The van der Waals surface area contributed by atoms with Gasteiger partial charge < -0.3 is 19.9 Å². The molecule has 3 aromatic rings. The molecule has 1 aromatic carbocycles. The molecule has 1 aliphatic heterocycles. The summed E-state index contributed by atoms with van der Waals surface area (Å²) in [6, 6.07) is 4.13. The maximum atomic E-state index is 13.3. The van der Waals surface area contributed by atoms with Gasteiger partial charge in [-0.2, -0.15) is 18.2 Å². The highest BCUT2D eigenvalue weighted by Crippen LogP contribution is 2.35. The standard InChI is InChI=1S/C22H18ClF3N6O4/c1-35-14-7-12(23)6-13(8-14)29-21-28-10-16(11-5-15(20(33)34)19(36-2)27-9-11)18(30-21)32-4-3-17(31-32)22(24,25)26/h3-10,17,31H,1-2H3,(H,33,34)(H,28,29,30). The molecule has 2 aromatic heterocycles. The number of ether oxygens (including phenoxy) is 2. The Hall–Kier alpha value is -4.10. The number of rotatable bonds is 7. The number of alkyl halides is 3. The summed E-state index contributed by atoms with van der Waals surface area (Å²) in [5.41, 5.74) is 2.99. The van der Waals surface area contributed by atoms with Gasteiger partial charge in [0.1, 0.15) is 17.4 Å². The zero-order valence-corrected chi connectivity index (χ0v) is 19.4. The lowest BCUT2D eigenvalue weighted by molar-refractivity contribution is -0.142. The van der Waals surface area contributed by atoms with Crippen molar-refractivity contribution in [3.05, 3.63) is 59.5 Å². The van der Waals surface area contributed by atoms with Crippen molar-refractivity contribution in [2.24, 2.45) is 0 Å². The number of pyridine rings is 1. The van der Waals surface area contributed by atoms with Crippen LogP contribution in [-0.4, -0.2) is 52.5 Å².